The summed E-state index contributed by atoms with van der Waals surface area (Å²) < 4.78 is 25.3. The van der Waals surface area contributed by atoms with E-state index in [1.807, 2.05) is 0 Å². The van der Waals surface area contributed by atoms with Gasteiger partial charge in [-0.1, -0.05) is 25.7 Å². The third-order valence-electron chi connectivity index (χ3n) is 5.70. The molecule has 2 aliphatic carbocycles. The summed E-state index contributed by atoms with van der Waals surface area (Å²) in [6.07, 6.45) is 7.37. The molecule has 1 unspecified atom stereocenters. The van der Waals surface area contributed by atoms with Gasteiger partial charge in [-0.25, -0.2) is 8.42 Å². The number of benzene rings is 1. The molecular formula is C20H28N2O4S. The molecule has 0 heterocycles. The van der Waals surface area contributed by atoms with E-state index < -0.39 is 15.9 Å². The van der Waals surface area contributed by atoms with Gasteiger partial charge in [0.1, 0.15) is 6.04 Å². The lowest BCUT2D eigenvalue weighted by Crippen LogP contribution is -2.47. The normalized spacial score (nSPS) is 19.7. The van der Waals surface area contributed by atoms with Gasteiger partial charge in [-0.2, -0.15) is 0 Å². The molecule has 1 aromatic carbocycles. The molecule has 0 spiro atoms. The summed E-state index contributed by atoms with van der Waals surface area (Å²) in [7, 11) is -3.30. The fourth-order valence-corrected chi connectivity index (χ4v) is 6.10. The molecule has 1 atom stereocenters. The molecule has 0 aromatic heterocycles. The van der Waals surface area contributed by atoms with E-state index in [0.29, 0.717) is 10.6 Å². The van der Waals surface area contributed by atoms with Crippen molar-refractivity contribution in [1.82, 2.24) is 5.32 Å². The van der Waals surface area contributed by atoms with Crippen molar-refractivity contribution in [2.45, 2.75) is 74.5 Å². The summed E-state index contributed by atoms with van der Waals surface area (Å²) in [5, 5.41) is 5.30. The monoisotopic (exact) mass is 392 g/mol. The van der Waals surface area contributed by atoms with Crippen LogP contribution in [0.3, 0.4) is 0 Å². The highest BCUT2D eigenvalue weighted by atomic mass is 32.2. The Kier molecular flexibility index (Phi) is 6.19. The average Bonchev–Trinajstić information content (AvgIpc) is 3.33. The van der Waals surface area contributed by atoms with E-state index >= 15 is 0 Å². The number of hydrogen-bond donors (Lipinski definition) is 2. The van der Waals surface area contributed by atoms with Crippen molar-refractivity contribution in [3.8, 4) is 0 Å². The molecule has 2 amide bonds. The number of amides is 2. The summed E-state index contributed by atoms with van der Waals surface area (Å²) in [5.74, 6) is -0.320. The molecule has 2 saturated carbocycles. The van der Waals surface area contributed by atoms with Gasteiger partial charge in [0.25, 0.3) is 0 Å². The molecule has 0 bridgehead atoms. The standard InChI is InChI=1S/C20H28N2O4S/c1-14(23)21-19(15-6-2-3-7-15)20(24)22-16-10-12-18(13-11-16)27(25,26)17-8-4-5-9-17/h10-13,15,17,19H,2-9H2,1H3,(H,21,23)(H,22,24). The van der Waals surface area contributed by atoms with E-state index in [4.69, 9.17) is 0 Å². The highest BCUT2D eigenvalue weighted by Gasteiger charge is 2.32. The van der Waals surface area contributed by atoms with Gasteiger partial charge in [0.15, 0.2) is 9.84 Å². The van der Waals surface area contributed by atoms with E-state index in [2.05, 4.69) is 10.6 Å². The van der Waals surface area contributed by atoms with Crippen LogP contribution >= 0.6 is 0 Å². The Labute approximate surface area is 161 Å². The van der Waals surface area contributed by atoms with Crippen LogP contribution in [-0.2, 0) is 19.4 Å². The third kappa shape index (κ3) is 4.69. The molecule has 3 rings (SSSR count). The van der Waals surface area contributed by atoms with Crippen molar-refractivity contribution < 1.29 is 18.0 Å². The zero-order valence-corrected chi connectivity index (χ0v) is 16.6. The van der Waals surface area contributed by atoms with Crippen molar-refractivity contribution >= 4 is 27.3 Å². The van der Waals surface area contributed by atoms with Gasteiger partial charge in [0, 0.05) is 12.6 Å². The Morgan fingerprint density at radius 2 is 1.52 bits per heavy atom. The smallest absolute Gasteiger partial charge is 0.247 e. The summed E-state index contributed by atoms with van der Waals surface area (Å²) >= 11 is 0. The van der Waals surface area contributed by atoms with Crippen molar-refractivity contribution in [2.24, 2.45) is 5.92 Å². The van der Waals surface area contributed by atoms with Crippen LogP contribution in [0.15, 0.2) is 29.2 Å². The molecule has 2 N–H and O–H groups in total. The lowest BCUT2D eigenvalue weighted by atomic mass is 9.97. The van der Waals surface area contributed by atoms with Crippen LogP contribution < -0.4 is 10.6 Å². The Balaban J connectivity index is 1.69. The predicted octanol–water partition coefficient (Wildman–Crippen LogP) is 3.04. The van der Waals surface area contributed by atoms with Crippen molar-refractivity contribution in [2.75, 3.05) is 5.32 Å². The van der Waals surface area contributed by atoms with Crippen molar-refractivity contribution in [1.29, 1.82) is 0 Å². The molecule has 7 heteroatoms. The zero-order chi connectivity index (χ0) is 19.4. The first-order valence-corrected chi connectivity index (χ1v) is 11.3. The first-order chi connectivity index (χ1) is 12.9. The Bertz CT molecular complexity index is 777. The summed E-state index contributed by atoms with van der Waals surface area (Å²) in [5.41, 5.74) is 0.540. The Morgan fingerprint density at radius 1 is 0.963 bits per heavy atom. The number of anilines is 1. The Morgan fingerprint density at radius 3 is 2.07 bits per heavy atom. The highest BCUT2D eigenvalue weighted by molar-refractivity contribution is 7.92. The maximum Gasteiger partial charge on any atom is 0.247 e. The van der Waals surface area contributed by atoms with Gasteiger partial charge < -0.3 is 10.6 Å². The van der Waals surface area contributed by atoms with Crippen LogP contribution in [0.2, 0.25) is 0 Å². The van der Waals surface area contributed by atoms with E-state index in [1.54, 1.807) is 24.3 Å². The highest BCUT2D eigenvalue weighted by Crippen LogP contribution is 2.31. The van der Waals surface area contributed by atoms with Crippen LogP contribution in [0.4, 0.5) is 5.69 Å². The molecule has 0 saturated heterocycles. The third-order valence-corrected chi connectivity index (χ3v) is 7.98. The number of sulfone groups is 1. The minimum Gasteiger partial charge on any atom is -0.344 e. The number of carbonyl (C=O) groups is 2. The topological polar surface area (TPSA) is 92.3 Å². The molecular weight excluding hydrogens is 364 g/mol. The summed E-state index contributed by atoms with van der Waals surface area (Å²) in [4.78, 5) is 24.5. The fourth-order valence-electron chi connectivity index (χ4n) is 4.25. The molecule has 0 aliphatic heterocycles. The molecule has 2 aliphatic rings. The van der Waals surface area contributed by atoms with Crippen LogP contribution in [-0.4, -0.2) is 31.5 Å². The molecule has 1 aromatic rings. The number of hydrogen-bond acceptors (Lipinski definition) is 4. The van der Waals surface area contributed by atoms with Gasteiger partial charge in [0.05, 0.1) is 10.1 Å². The lowest BCUT2D eigenvalue weighted by molar-refractivity contribution is -0.126. The average molecular weight is 393 g/mol. The van der Waals surface area contributed by atoms with Gasteiger partial charge in [-0.15, -0.1) is 0 Å². The maximum atomic E-state index is 12.7. The molecule has 6 nitrogen and oxygen atoms in total. The quantitative estimate of drug-likeness (QED) is 0.778. The first-order valence-electron chi connectivity index (χ1n) is 9.80. The zero-order valence-electron chi connectivity index (χ0n) is 15.7. The maximum absolute atomic E-state index is 12.7. The van der Waals surface area contributed by atoms with Crippen LogP contribution in [0.1, 0.15) is 58.3 Å². The van der Waals surface area contributed by atoms with Crippen LogP contribution in [0.5, 0.6) is 0 Å². The minimum absolute atomic E-state index is 0.149. The van der Waals surface area contributed by atoms with Gasteiger partial charge >= 0.3 is 0 Å². The van der Waals surface area contributed by atoms with E-state index in [1.165, 1.54) is 6.92 Å². The largest absolute Gasteiger partial charge is 0.344 e. The van der Waals surface area contributed by atoms with Gasteiger partial charge in [0.2, 0.25) is 11.8 Å². The number of carbonyl (C=O) groups excluding carboxylic acids is 2. The van der Waals surface area contributed by atoms with Crippen LogP contribution in [0.25, 0.3) is 0 Å². The van der Waals surface area contributed by atoms with E-state index in [-0.39, 0.29) is 23.0 Å². The SMILES string of the molecule is CC(=O)NC(C(=O)Nc1ccc(S(=O)(=O)C2CCCC2)cc1)C1CCCC1. The second kappa shape index (κ2) is 8.42. The fraction of sp³-hybridized carbons (Fsp3) is 0.600. The number of rotatable bonds is 6. The second-order valence-electron chi connectivity index (χ2n) is 7.69. The van der Waals surface area contributed by atoms with E-state index in [9.17, 15) is 18.0 Å². The summed E-state index contributed by atoms with van der Waals surface area (Å²) in [6.45, 7) is 1.41. The van der Waals surface area contributed by atoms with Gasteiger partial charge in [-0.05, 0) is 55.9 Å². The minimum atomic E-state index is -3.30. The molecule has 148 valence electrons. The van der Waals surface area contributed by atoms with Gasteiger partial charge in [-0.3, -0.25) is 9.59 Å². The van der Waals surface area contributed by atoms with E-state index in [0.717, 1.165) is 51.4 Å². The van der Waals surface area contributed by atoms with Crippen LogP contribution in [0, 0.1) is 5.92 Å². The molecule has 0 radical (unpaired) electrons. The van der Waals surface area contributed by atoms with Crippen molar-refractivity contribution in [3.05, 3.63) is 24.3 Å². The predicted molar refractivity (Wildman–Crippen MR) is 104 cm³/mol. The Hall–Kier alpha value is -1.89. The summed E-state index contributed by atoms with van der Waals surface area (Å²) in [6, 6.07) is 5.82. The lowest BCUT2D eigenvalue weighted by Gasteiger charge is -2.23. The second-order valence-corrected chi connectivity index (χ2v) is 9.92. The first kappa shape index (κ1) is 19.9. The molecule has 2 fully saturated rings. The number of nitrogens with one attached hydrogen (secondary N) is 2. The van der Waals surface area contributed by atoms with Crippen molar-refractivity contribution in [3.63, 3.8) is 0 Å². The molecule has 27 heavy (non-hydrogen) atoms.